The van der Waals surface area contributed by atoms with E-state index in [9.17, 15) is 20.0 Å². The van der Waals surface area contributed by atoms with Gasteiger partial charge in [-0.2, -0.15) is 0 Å². The van der Waals surface area contributed by atoms with E-state index in [0.717, 1.165) is 37.9 Å². The zero-order valence-electron chi connectivity index (χ0n) is 16.0. The smallest absolute Gasteiger partial charge is 0.293 e. The third-order valence-corrected chi connectivity index (χ3v) is 5.03. The summed E-state index contributed by atoms with van der Waals surface area (Å²) in [6, 6.07) is 9.50. The summed E-state index contributed by atoms with van der Waals surface area (Å²) in [6.07, 6.45) is 2.76. The van der Waals surface area contributed by atoms with Crippen molar-refractivity contribution in [2.24, 2.45) is 0 Å². The summed E-state index contributed by atoms with van der Waals surface area (Å²) in [5.41, 5.74) is 1.92. The number of nitrogens with one attached hydrogen (secondary N) is 2. The molecule has 0 radical (unpaired) electrons. The molecule has 0 bridgehead atoms. The van der Waals surface area contributed by atoms with Crippen LogP contribution in [-0.2, 0) is 6.42 Å². The number of benzene rings is 2. The minimum absolute atomic E-state index is 0.00408. The van der Waals surface area contributed by atoms with Crippen molar-refractivity contribution in [2.75, 3.05) is 23.3 Å². The number of nitro benzene ring substituents is 1. The second-order valence-corrected chi connectivity index (χ2v) is 7.18. The Morgan fingerprint density at radius 1 is 1.24 bits per heavy atom. The number of rotatable bonds is 5. The first-order valence-corrected chi connectivity index (χ1v) is 9.77. The van der Waals surface area contributed by atoms with Crippen LogP contribution in [-0.4, -0.2) is 34.1 Å². The minimum Gasteiger partial charge on any atom is -0.506 e. The number of hydrogen-bond donors (Lipinski definition) is 3. The summed E-state index contributed by atoms with van der Waals surface area (Å²) in [4.78, 5) is 25.5. The number of hydrogen-bond acceptors (Lipinski definition) is 6. The first kappa shape index (κ1) is 20.5. The molecule has 9 heteroatoms. The number of anilines is 2. The molecule has 29 heavy (non-hydrogen) atoms. The molecular weight excluding hydrogens is 392 g/mol. The third-order valence-electron chi connectivity index (χ3n) is 4.83. The van der Waals surface area contributed by atoms with E-state index in [2.05, 4.69) is 10.6 Å². The van der Waals surface area contributed by atoms with Crippen molar-refractivity contribution in [2.45, 2.75) is 26.2 Å². The van der Waals surface area contributed by atoms with Crippen LogP contribution < -0.4 is 15.5 Å². The Morgan fingerprint density at radius 3 is 2.62 bits per heavy atom. The van der Waals surface area contributed by atoms with Crippen LogP contribution in [0.25, 0.3) is 0 Å². The zero-order valence-corrected chi connectivity index (χ0v) is 16.8. The van der Waals surface area contributed by atoms with Crippen LogP contribution in [0.15, 0.2) is 36.4 Å². The maximum Gasteiger partial charge on any atom is 0.293 e. The van der Waals surface area contributed by atoms with Crippen molar-refractivity contribution in [1.82, 2.24) is 5.32 Å². The largest absolute Gasteiger partial charge is 0.506 e. The third kappa shape index (κ3) is 4.80. The first-order chi connectivity index (χ1) is 13.9. The van der Waals surface area contributed by atoms with Crippen LogP contribution in [0.5, 0.6) is 5.75 Å². The maximum atomic E-state index is 12.5. The topological polar surface area (TPSA) is 108 Å². The molecule has 152 valence electrons. The highest BCUT2D eigenvalue weighted by atomic mass is 32.1. The summed E-state index contributed by atoms with van der Waals surface area (Å²) < 4.78 is 0. The Labute approximate surface area is 173 Å². The lowest BCUT2D eigenvalue weighted by Crippen LogP contribution is -2.34. The molecule has 1 fully saturated rings. The predicted molar refractivity (Wildman–Crippen MR) is 116 cm³/mol. The van der Waals surface area contributed by atoms with Crippen LogP contribution in [0, 0.1) is 10.1 Å². The lowest BCUT2D eigenvalue weighted by molar-refractivity contribution is -0.384. The molecule has 0 spiro atoms. The molecule has 3 N–H and O–H groups in total. The minimum atomic E-state index is -0.565. The standard InChI is InChI=1S/C20H22N4O4S/c1-2-13-5-8-18(25)15(11-13)21-20(29)22-19(26)14-6-7-16(17(12-14)24(27)28)23-9-3-4-10-23/h5-8,11-12,25H,2-4,9-10H2,1H3,(H2,21,22,26,29). The Morgan fingerprint density at radius 2 is 1.97 bits per heavy atom. The van der Waals surface area contributed by atoms with Crippen LogP contribution in [0.2, 0.25) is 0 Å². The number of carbonyl (C=O) groups excluding carboxylic acids is 1. The van der Waals surface area contributed by atoms with E-state index in [0.29, 0.717) is 11.4 Å². The number of phenolic OH excluding ortho intramolecular Hbond substituents is 1. The molecule has 1 amide bonds. The van der Waals surface area contributed by atoms with Crippen LogP contribution in [0.3, 0.4) is 0 Å². The Bertz CT molecular complexity index is 957. The summed E-state index contributed by atoms with van der Waals surface area (Å²) >= 11 is 5.15. The molecule has 1 saturated heterocycles. The molecule has 0 aliphatic carbocycles. The average molecular weight is 414 g/mol. The molecule has 8 nitrogen and oxygen atoms in total. The van der Waals surface area contributed by atoms with Gasteiger partial charge < -0.3 is 15.3 Å². The van der Waals surface area contributed by atoms with Crippen molar-refractivity contribution in [3.05, 3.63) is 57.6 Å². The van der Waals surface area contributed by atoms with Gasteiger partial charge in [0, 0.05) is 24.7 Å². The molecule has 2 aromatic rings. The van der Waals surface area contributed by atoms with E-state index >= 15 is 0 Å². The summed E-state index contributed by atoms with van der Waals surface area (Å²) in [5.74, 6) is -0.561. The fraction of sp³-hybridized carbons (Fsp3) is 0.300. The zero-order chi connectivity index (χ0) is 21.0. The van der Waals surface area contributed by atoms with E-state index in [-0.39, 0.29) is 22.1 Å². The molecule has 2 aromatic carbocycles. The molecule has 3 rings (SSSR count). The number of aromatic hydroxyl groups is 1. The Kier molecular flexibility index (Phi) is 6.28. The van der Waals surface area contributed by atoms with Gasteiger partial charge in [0.25, 0.3) is 11.6 Å². The monoisotopic (exact) mass is 414 g/mol. The molecule has 1 aliphatic rings. The van der Waals surface area contributed by atoms with Gasteiger partial charge in [0.2, 0.25) is 0 Å². The first-order valence-electron chi connectivity index (χ1n) is 9.36. The molecule has 0 saturated carbocycles. The molecule has 0 aromatic heterocycles. The lowest BCUT2D eigenvalue weighted by atomic mass is 10.1. The van der Waals surface area contributed by atoms with Crippen molar-refractivity contribution in [3.8, 4) is 5.75 Å². The fourth-order valence-corrected chi connectivity index (χ4v) is 3.47. The van der Waals surface area contributed by atoms with E-state index < -0.39 is 10.8 Å². The van der Waals surface area contributed by atoms with Crippen molar-refractivity contribution < 1.29 is 14.8 Å². The Hall–Kier alpha value is -3.20. The highest BCUT2D eigenvalue weighted by Gasteiger charge is 2.24. The second-order valence-electron chi connectivity index (χ2n) is 6.77. The molecule has 1 heterocycles. The predicted octanol–water partition coefficient (Wildman–Crippen LogP) is 3.59. The average Bonchev–Trinajstić information content (AvgIpc) is 3.23. The number of phenols is 1. The van der Waals surface area contributed by atoms with Gasteiger partial charge in [-0.05, 0) is 61.3 Å². The number of amides is 1. The van der Waals surface area contributed by atoms with Gasteiger partial charge in [-0.25, -0.2) is 0 Å². The van der Waals surface area contributed by atoms with Gasteiger partial charge in [0.15, 0.2) is 5.11 Å². The highest BCUT2D eigenvalue weighted by molar-refractivity contribution is 7.80. The second kappa shape index (κ2) is 8.87. The van der Waals surface area contributed by atoms with Crippen molar-refractivity contribution in [1.29, 1.82) is 0 Å². The van der Waals surface area contributed by atoms with Crippen molar-refractivity contribution >= 4 is 40.3 Å². The van der Waals surface area contributed by atoms with Gasteiger partial charge in [0.1, 0.15) is 11.4 Å². The van der Waals surface area contributed by atoms with Gasteiger partial charge in [-0.15, -0.1) is 0 Å². The van der Waals surface area contributed by atoms with E-state index in [1.165, 1.54) is 6.07 Å². The highest BCUT2D eigenvalue weighted by Crippen LogP contribution is 2.31. The number of carbonyl (C=O) groups is 1. The number of aryl methyl sites for hydroxylation is 1. The van der Waals surface area contributed by atoms with Crippen LogP contribution >= 0.6 is 12.2 Å². The fourth-order valence-electron chi connectivity index (χ4n) is 3.27. The number of thiocarbonyl (C=S) groups is 1. The van der Waals surface area contributed by atoms with Gasteiger partial charge in [0.05, 0.1) is 10.6 Å². The molecular formula is C20H22N4O4S. The Balaban J connectivity index is 1.74. The molecule has 0 atom stereocenters. The number of nitrogens with zero attached hydrogens (tertiary/aromatic N) is 2. The van der Waals surface area contributed by atoms with Gasteiger partial charge >= 0.3 is 0 Å². The van der Waals surface area contributed by atoms with E-state index in [4.69, 9.17) is 12.2 Å². The van der Waals surface area contributed by atoms with Gasteiger partial charge in [-0.3, -0.25) is 20.2 Å². The summed E-state index contributed by atoms with van der Waals surface area (Å²) in [6.45, 7) is 3.51. The quantitative estimate of drug-likeness (QED) is 0.297. The number of nitro groups is 1. The normalized spacial score (nSPS) is 13.2. The van der Waals surface area contributed by atoms with Crippen molar-refractivity contribution in [3.63, 3.8) is 0 Å². The van der Waals surface area contributed by atoms with Crippen LogP contribution in [0.4, 0.5) is 17.1 Å². The van der Waals surface area contributed by atoms with E-state index in [1.54, 1.807) is 30.3 Å². The molecule has 1 aliphatic heterocycles. The van der Waals surface area contributed by atoms with Gasteiger partial charge in [-0.1, -0.05) is 13.0 Å². The summed E-state index contributed by atoms with van der Waals surface area (Å²) in [5, 5.41) is 26.7. The lowest BCUT2D eigenvalue weighted by Gasteiger charge is -2.18. The summed E-state index contributed by atoms with van der Waals surface area (Å²) in [7, 11) is 0. The SMILES string of the molecule is CCc1ccc(O)c(NC(=S)NC(=O)c2ccc(N3CCCC3)c([N+](=O)[O-])c2)c1. The maximum absolute atomic E-state index is 12.5. The molecule has 0 unspecified atom stereocenters. The van der Waals surface area contributed by atoms with Crippen LogP contribution in [0.1, 0.15) is 35.7 Å². The van der Waals surface area contributed by atoms with E-state index in [1.807, 2.05) is 11.8 Å².